The molecule has 12 heteroatoms. The monoisotopic (exact) mass is 436 g/mol. The summed E-state index contributed by atoms with van der Waals surface area (Å²) in [4.78, 5) is 35.9. The molecule has 0 spiro atoms. The number of non-ortho nitro benzene ring substituents is 2. The number of anilines is 2. The van der Waals surface area contributed by atoms with Gasteiger partial charge in [0.15, 0.2) is 0 Å². The third-order valence-corrected chi connectivity index (χ3v) is 4.10. The minimum atomic E-state index is -1.05. The second kappa shape index (κ2) is 9.67. The largest absolute Gasteiger partial charge is 0.478 e. The van der Waals surface area contributed by atoms with Crippen LogP contribution in [0, 0.1) is 20.2 Å². The first-order chi connectivity index (χ1) is 15.3. The molecule has 3 aromatic carbocycles. The fourth-order valence-electron chi connectivity index (χ4n) is 2.50. The smallest absolute Gasteiger partial charge is 0.335 e. The highest BCUT2D eigenvalue weighted by atomic mass is 16.6. The Labute approximate surface area is 180 Å². The Morgan fingerprint density at radius 3 is 1.78 bits per heavy atom. The molecule has 3 rings (SSSR count). The number of hydrogen-bond acceptors (Lipinski definition) is 7. The average Bonchev–Trinajstić information content (AvgIpc) is 2.78. The maximum atomic E-state index is 11.0. The normalized spacial score (nSPS) is 10.8. The summed E-state index contributed by atoms with van der Waals surface area (Å²) in [5, 5.41) is 33.6. The van der Waals surface area contributed by atoms with Crippen molar-refractivity contribution in [3.05, 3.63) is 98.6 Å². The highest BCUT2D eigenvalue weighted by Crippen LogP contribution is 2.19. The van der Waals surface area contributed by atoms with Crippen LogP contribution in [0.25, 0.3) is 0 Å². The van der Waals surface area contributed by atoms with Gasteiger partial charge in [0.25, 0.3) is 11.4 Å². The van der Waals surface area contributed by atoms with Gasteiger partial charge in [-0.3, -0.25) is 31.1 Å². The molecule has 0 saturated heterocycles. The zero-order valence-corrected chi connectivity index (χ0v) is 16.3. The first kappa shape index (κ1) is 21.7. The van der Waals surface area contributed by atoms with Gasteiger partial charge in [-0.1, -0.05) is 0 Å². The molecule has 12 nitrogen and oxygen atoms in total. The number of carbonyl (C=O) groups is 1. The van der Waals surface area contributed by atoms with E-state index in [0.717, 1.165) is 0 Å². The number of nitrogens with one attached hydrogen (secondary N) is 3. The van der Waals surface area contributed by atoms with Crippen LogP contribution in [0.15, 0.2) is 77.8 Å². The molecule has 0 unspecified atom stereocenters. The van der Waals surface area contributed by atoms with Crippen LogP contribution in [0.1, 0.15) is 10.4 Å². The summed E-state index contributed by atoms with van der Waals surface area (Å²) < 4.78 is 0. The van der Waals surface area contributed by atoms with E-state index in [4.69, 9.17) is 5.11 Å². The number of hydrazine groups is 1. The number of aromatic carboxylic acids is 1. The van der Waals surface area contributed by atoms with Crippen LogP contribution in [0.2, 0.25) is 0 Å². The molecule has 0 aliphatic carbocycles. The van der Waals surface area contributed by atoms with Gasteiger partial charge in [-0.15, -0.1) is 0 Å². The van der Waals surface area contributed by atoms with Gasteiger partial charge < -0.3 is 10.4 Å². The molecule has 0 amide bonds. The van der Waals surface area contributed by atoms with Gasteiger partial charge in [-0.25, -0.2) is 9.79 Å². The molecular formula is C20H16N6O6. The van der Waals surface area contributed by atoms with E-state index in [1.165, 1.54) is 60.7 Å². The molecule has 0 radical (unpaired) electrons. The van der Waals surface area contributed by atoms with Crippen LogP contribution in [0.5, 0.6) is 0 Å². The summed E-state index contributed by atoms with van der Waals surface area (Å²) in [7, 11) is 0. The second-order valence-corrected chi connectivity index (χ2v) is 6.30. The summed E-state index contributed by atoms with van der Waals surface area (Å²) in [5.41, 5.74) is 7.08. The predicted molar refractivity (Wildman–Crippen MR) is 117 cm³/mol. The van der Waals surface area contributed by atoms with Crippen molar-refractivity contribution in [1.82, 2.24) is 5.43 Å². The topological polar surface area (TPSA) is 172 Å². The lowest BCUT2D eigenvalue weighted by molar-refractivity contribution is -0.385. The van der Waals surface area contributed by atoms with Crippen molar-refractivity contribution < 1.29 is 19.7 Å². The van der Waals surface area contributed by atoms with Crippen molar-refractivity contribution in [2.75, 3.05) is 10.7 Å². The SMILES string of the molecule is O=C(O)c1ccc(NNC(=Nc2ccc([N+](=O)[O-])cc2)Nc2ccc([N+](=O)[O-])cc2)cc1. The third-order valence-electron chi connectivity index (χ3n) is 4.10. The quantitative estimate of drug-likeness (QED) is 0.185. The van der Waals surface area contributed by atoms with Gasteiger partial charge in [0.2, 0.25) is 5.96 Å². The van der Waals surface area contributed by atoms with Crippen LogP contribution in [-0.2, 0) is 0 Å². The summed E-state index contributed by atoms with van der Waals surface area (Å²) >= 11 is 0. The van der Waals surface area contributed by atoms with E-state index < -0.39 is 15.8 Å². The van der Waals surface area contributed by atoms with Crippen LogP contribution < -0.4 is 16.2 Å². The second-order valence-electron chi connectivity index (χ2n) is 6.30. The molecule has 0 aliphatic heterocycles. The standard InChI is InChI=1S/C20H16N6O6/c27-19(28)13-1-3-16(4-2-13)23-24-20(21-14-5-9-17(10-6-14)25(29)30)22-15-7-11-18(12-8-15)26(31)32/h1-12,23H,(H,27,28)(H2,21,22,24). The van der Waals surface area contributed by atoms with E-state index in [2.05, 4.69) is 21.2 Å². The molecule has 0 atom stereocenters. The first-order valence-corrected chi connectivity index (χ1v) is 9.02. The number of nitro groups is 2. The maximum Gasteiger partial charge on any atom is 0.335 e. The highest BCUT2D eigenvalue weighted by molar-refractivity contribution is 5.96. The molecule has 162 valence electrons. The minimum Gasteiger partial charge on any atom is -0.478 e. The summed E-state index contributed by atoms with van der Waals surface area (Å²) in [6, 6.07) is 17.1. The Balaban J connectivity index is 1.81. The van der Waals surface area contributed by atoms with Gasteiger partial charge in [-0.05, 0) is 48.5 Å². The van der Waals surface area contributed by atoms with E-state index in [0.29, 0.717) is 17.1 Å². The van der Waals surface area contributed by atoms with E-state index in [-0.39, 0.29) is 22.9 Å². The first-order valence-electron chi connectivity index (χ1n) is 9.02. The van der Waals surface area contributed by atoms with Crippen molar-refractivity contribution in [3.8, 4) is 0 Å². The summed E-state index contributed by atoms with van der Waals surface area (Å²) in [6.45, 7) is 0. The van der Waals surface area contributed by atoms with Crippen LogP contribution in [0.3, 0.4) is 0 Å². The Kier molecular flexibility index (Phi) is 6.56. The number of benzene rings is 3. The number of guanidine groups is 1. The van der Waals surface area contributed by atoms with Gasteiger partial charge in [0.1, 0.15) is 0 Å². The van der Waals surface area contributed by atoms with Gasteiger partial charge in [-0.2, -0.15) is 0 Å². The number of carboxylic acid groups (broad SMARTS) is 1. The zero-order valence-electron chi connectivity index (χ0n) is 16.3. The summed E-state index contributed by atoms with van der Waals surface area (Å²) in [5.74, 6) is -0.875. The number of nitro benzene ring substituents is 2. The van der Waals surface area contributed by atoms with E-state index >= 15 is 0 Å². The molecule has 0 heterocycles. The van der Waals surface area contributed by atoms with Crippen molar-refractivity contribution >= 4 is 40.4 Å². The Hall–Kier alpha value is -5.00. The van der Waals surface area contributed by atoms with E-state index in [9.17, 15) is 25.0 Å². The fraction of sp³-hybridized carbons (Fsp3) is 0. The lowest BCUT2D eigenvalue weighted by atomic mass is 10.2. The lowest BCUT2D eigenvalue weighted by Gasteiger charge is -2.14. The van der Waals surface area contributed by atoms with Crippen LogP contribution in [-0.4, -0.2) is 26.9 Å². The maximum absolute atomic E-state index is 11.0. The van der Waals surface area contributed by atoms with Crippen LogP contribution in [0.4, 0.5) is 28.4 Å². The molecular weight excluding hydrogens is 420 g/mol. The number of aliphatic imine (C=N–C) groups is 1. The number of carboxylic acids is 1. The minimum absolute atomic E-state index is 0.0750. The lowest BCUT2D eigenvalue weighted by Crippen LogP contribution is -2.35. The molecule has 0 bridgehead atoms. The fourth-order valence-corrected chi connectivity index (χ4v) is 2.50. The Bertz CT molecular complexity index is 1160. The van der Waals surface area contributed by atoms with Gasteiger partial charge in [0.05, 0.1) is 26.8 Å². The molecule has 3 aromatic rings. The molecule has 0 aliphatic rings. The molecule has 4 N–H and O–H groups in total. The highest BCUT2D eigenvalue weighted by Gasteiger charge is 2.08. The Morgan fingerprint density at radius 1 is 0.781 bits per heavy atom. The Morgan fingerprint density at radius 2 is 1.28 bits per heavy atom. The third kappa shape index (κ3) is 5.76. The van der Waals surface area contributed by atoms with Gasteiger partial charge >= 0.3 is 5.97 Å². The number of nitrogens with zero attached hydrogens (tertiary/aromatic N) is 3. The van der Waals surface area contributed by atoms with Crippen molar-refractivity contribution in [3.63, 3.8) is 0 Å². The summed E-state index contributed by atoms with van der Waals surface area (Å²) in [6.07, 6.45) is 0. The molecule has 0 saturated carbocycles. The number of rotatable bonds is 7. The van der Waals surface area contributed by atoms with E-state index in [1.54, 1.807) is 12.1 Å². The molecule has 0 fully saturated rings. The van der Waals surface area contributed by atoms with Gasteiger partial charge in [0, 0.05) is 30.0 Å². The number of hydrogen-bond donors (Lipinski definition) is 4. The van der Waals surface area contributed by atoms with E-state index in [1.807, 2.05) is 0 Å². The van der Waals surface area contributed by atoms with Crippen LogP contribution >= 0.6 is 0 Å². The average molecular weight is 436 g/mol. The molecule has 0 aromatic heterocycles. The van der Waals surface area contributed by atoms with Crippen molar-refractivity contribution in [2.24, 2.45) is 4.99 Å². The molecule has 32 heavy (non-hydrogen) atoms. The zero-order chi connectivity index (χ0) is 23.1. The van der Waals surface area contributed by atoms with Crippen molar-refractivity contribution in [1.29, 1.82) is 0 Å². The predicted octanol–water partition coefficient (Wildman–Crippen LogP) is 3.92. The van der Waals surface area contributed by atoms with Crippen molar-refractivity contribution in [2.45, 2.75) is 0 Å².